The number of nitrogens with one attached hydrogen (secondary N) is 1. The maximum absolute atomic E-state index is 12.0. The van der Waals surface area contributed by atoms with Crippen LogP contribution in [0, 0.1) is 0 Å². The molecule has 0 saturated heterocycles. The van der Waals surface area contributed by atoms with Gasteiger partial charge in [0.25, 0.3) is 0 Å². The Morgan fingerprint density at radius 1 is 1.25 bits per heavy atom. The maximum atomic E-state index is 12.0. The van der Waals surface area contributed by atoms with Crippen LogP contribution in [0.1, 0.15) is 0 Å². The second-order valence-electron chi connectivity index (χ2n) is 3.01. The Morgan fingerprint density at radius 2 is 2.00 bits per heavy atom. The van der Waals surface area contributed by atoms with E-state index < -0.39 is 9.84 Å². The van der Waals surface area contributed by atoms with Gasteiger partial charge in [-0.15, -0.1) is 0 Å². The van der Waals surface area contributed by atoms with Gasteiger partial charge >= 0.3 is 0 Å². The van der Waals surface area contributed by atoms with Gasteiger partial charge in [0.15, 0.2) is 0 Å². The van der Waals surface area contributed by atoms with Crippen molar-refractivity contribution < 1.29 is 8.42 Å². The summed E-state index contributed by atoms with van der Waals surface area (Å²) in [6.45, 7) is 0. The normalized spacial score (nSPS) is 11.6. The minimum absolute atomic E-state index is 0.0139. The topological polar surface area (TPSA) is 62.8 Å². The molecule has 84 valence electrons. The zero-order valence-corrected chi connectivity index (χ0v) is 10.1. The zero-order chi connectivity index (χ0) is 11.8. The van der Waals surface area contributed by atoms with E-state index in [1.165, 1.54) is 30.6 Å². The standard InChI is InChI=1S/C9H6Cl2N2O2S/c10-6-1-2-9(8(11)3-6)16(14,15)7-4-12-13-5-7/h1-5H,(H,12,13). The van der Waals surface area contributed by atoms with Gasteiger partial charge < -0.3 is 0 Å². The van der Waals surface area contributed by atoms with E-state index in [-0.39, 0.29) is 14.8 Å². The minimum atomic E-state index is -3.63. The summed E-state index contributed by atoms with van der Waals surface area (Å²) in [4.78, 5) is 0.0803. The third kappa shape index (κ3) is 1.93. The molecular formula is C9H6Cl2N2O2S. The summed E-state index contributed by atoms with van der Waals surface area (Å²) in [5.74, 6) is 0. The summed E-state index contributed by atoms with van der Waals surface area (Å²) in [5.41, 5.74) is 0. The number of hydrogen-bond donors (Lipinski definition) is 1. The predicted octanol–water partition coefficient (Wildman–Crippen LogP) is 2.55. The molecule has 0 saturated carbocycles. The number of hydrogen-bond acceptors (Lipinski definition) is 3. The molecule has 0 atom stereocenters. The van der Waals surface area contributed by atoms with Crippen LogP contribution in [0.5, 0.6) is 0 Å². The van der Waals surface area contributed by atoms with Gasteiger partial charge in [0.2, 0.25) is 9.84 Å². The van der Waals surface area contributed by atoms with Crippen molar-refractivity contribution in [2.24, 2.45) is 0 Å². The first kappa shape index (κ1) is 11.4. The molecule has 0 fully saturated rings. The first-order valence-electron chi connectivity index (χ1n) is 4.21. The van der Waals surface area contributed by atoms with Crippen molar-refractivity contribution in [1.82, 2.24) is 10.2 Å². The fraction of sp³-hybridized carbons (Fsp3) is 0. The van der Waals surface area contributed by atoms with E-state index in [0.29, 0.717) is 5.02 Å². The van der Waals surface area contributed by atoms with Gasteiger partial charge in [0.1, 0.15) is 4.90 Å². The lowest BCUT2D eigenvalue weighted by Crippen LogP contribution is -2.01. The molecule has 0 amide bonds. The second-order valence-corrected chi connectivity index (χ2v) is 5.77. The van der Waals surface area contributed by atoms with Crippen molar-refractivity contribution in [3.05, 3.63) is 40.6 Å². The van der Waals surface area contributed by atoms with Gasteiger partial charge in [0, 0.05) is 11.2 Å². The van der Waals surface area contributed by atoms with Crippen molar-refractivity contribution in [2.45, 2.75) is 9.79 Å². The maximum Gasteiger partial charge on any atom is 0.211 e. The average Bonchev–Trinajstić information content (AvgIpc) is 2.69. The minimum Gasteiger partial charge on any atom is -0.284 e. The van der Waals surface area contributed by atoms with E-state index >= 15 is 0 Å². The Balaban J connectivity index is 2.61. The van der Waals surface area contributed by atoms with Crippen LogP contribution in [-0.2, 0) is 9.84 Å². The first-order valence-corrected chi connectivity index (χ1v) is 6.44. The molecule has 0 aliphatic rings. The molecule has 0 unspecified atom stereocenters. The van der Waals surface area contributed by atoms with Gasteiger partial charge in [0.05, 0.1) is 16.1 Å². The fourth-order valence-electron chi connectivity index (χ4n) is 1.21. The van der Waals surface area contributed by atoms with Gasteiger partial charge in [-0.1, -0.05) is 23.2 Å². The summed E-state index contributed by atoms with van der Waals surface area (Å²) >= 11 is 11.5. The molecule has 0 spiro atoms. The van der Waals surface area contributed by atoms with Crippen LogP contribution in [0.25, 0.3) is 0 Å². The van der Waals surface area contributed by atoms with E-state index in [9.17, 15) is 8.42 Å². The number of halogens is 2. The summed E-state index contributed by atoms with van der Waals surface area (Å²) in [5, 5.41) is 6.50. The molecule has 0 radical (unpaired) electrons. The van der Waals surface area contributed by atoms with Crippen molar-refractivity contribution in [3.8, 4) is 0 Å². The van der Waals surface area contributed by atoms with Crippen molar-refractivity contribution in [3.63, 3.8) is 0 Å². The van der Waals surface area contributed by atoms with Crippen LogP contribution in [0.3, 0.4) is 0 Å². The highest BCUT2D eigenvalue weighted by Crippen LogP contribution is 2.29. The number of aromatic amines is 1. The van der Waals surface area contributed by atoms with Crippen LogP contribution >= 0.6 is 23.2 Å². The first-order chi connectivity index (χ1) is 7.51. The molecule has 16 heavy (non-hydrogen) atoms. The third-order valence-electron chi connectivity index (χ3n) is 1.97. The molecule has 7 heteroatoms. The summed E-state index contributed by atoms with van der Waals surface area (Å²) in [6.07, 6.45) is 2.51. The smallest absolute Gasteiger partial charge is 0.211 e. The van der Waals surface area contributed by atoms with E-state index in [4.69, 9.17) is 23.2 Å². The SMILES string of the molecule is O=S(=O)(c1cn[nH]c1)c1ccc(Cl)cc1Cl. The van der Waals surface area contributed by atoms with Crippen molar-refractivity contribution in [2.75, 3.05) is 0 Å². The van der Waals surface area contributed by atoms with Gasteiger partial charge in [-0.2, -0.15) is 5.10 Å². The monoisotopic (exact) mass is 276 g/mol. The van der Waals surface area contributed by atoms with Crippen LogP contribution in [-0.4, -0.2) is 18.6 Å². The van der Waals surface area contributed by atoms with Crippen LogP contribution in [0.4, 0.5) is 0 Å². The summed E-state index contributed by atoms with van der Waals surface area (Å²) in [6, 6.07) is 4.23. The number of benzene rings is 1. The lowest BCUT2D eigenvalue weighted by Gasteiger charge is -2.04. The molecule has 1 heterocycles. The third-order valence-corrected chi connectivity index (χ3v) is 4.41. The molecule has 0 bridgehead atoms. The van der Waals surface area contributed by atoms with Crippen molar-refractivity contribution >= 4 is 33.0 Å². The zero-order valence-electron chi connectivity index (χ0n) is 7.81. The molecule has 0 aliphatic heterocycles. The van der Waals surface area contributed by atoms with E-state index in [1.807, 2.05) is 0 Å². The van der Waals surface area contributed by atoms with Crippen LogP contribution in [0.15, 0.2) is 40.4 Å². The van der Waals surface area contributed by atoms with Crippen molar-refractivity contribution in [1.29, 1.82) is 0 Å². The Hall–Kier alpha value is -1.04. The van der Waals surface area contributed by atoms with Crippen LogP contribution in [0.2, 0.25) is 10.0 Å². The van der Waals surface area contributed by atoms with Gasteiger partial charge in [-0.3, -0.25) is 5.10 Å². The highest BCUT2D eigenvalue weighted by Gasteiger charge is 2.21. The Labute approximate surface area is 102 Å². The largest absolute Gasteiger partial charge is 0.284 e. The highest BCUT2D eigenvalue weighted by molar-refractivity contribution is 7.91. The number of H-pyrrole nitrogens is 1. The molecular weight excluding hydrogens is 271 g/mol. The molecule has 1 N–H and O–H groups in total. The highest BCUT2D eigenvalue weighted by atomic mass is 35.5. The Morgan fingerprint density at radius 3 is 2.56 bits per heavy atom. The molecule has 1 aromatic heterocycles. The molecule has 0 aliphatic carbocycles. The second kappa shape index (κ2) is 4.08. The molecule has 2 rings (SSSR count). The van der Waals surface area contributed by atoms with E-state index in [0.717, 1.165) is 0 Å². The summed E-state index contributed by atoms with van der Waals surface area (Å²) < 4.78 is 24.1. The quantitative estimate of drug-likeness (QED) is 0.917. The molecule has 1 aromatic carbocycles. The predicted molar refractivity (Wildman–Crippen MR) is 60.5 cm³/mol. The lowest BCUT2D eigenvalue weighted by molar-refractivity contribution is 0.596. The average molecular weight is 277 g/mol. The summed E-state index contributed by atoms with van der Waals surface area (Å²) in [7, 11) is -3.63. The number of aromatic nitrogens is 2. The molecule has 4 nitrogen and oxygen atoms in total. The Bertz CT molecular complexity index is 608. The lowest BCUT2D eigenvalue weighted by atomic mass is 10.4. The number of nitrogens with zero attached hydrogens (tertiary/aromatic N) is 1. The Kier molecular flexibility index (Phi) is 2.92. The molecule has 2 aromatic rings. The van der Waals surface area contributed by atoms with Gasteiger partial charge in [-0.05, 0) is 18.2 Å². The number of rotatable bonds is 2. The fourth-order valence-corrected chi connectivity index (χ4v) is 3.14. The number of sulfone groups is 1. The van der Waals surface area contributed by atoms with Crippen LogP contribution < -0.4 is 0 Å². The van der Waals surface area contributed by atoms with E-state index in [2.05, 4.69) is 10.2 Å². The van der Waals surface area contributed by atoms with E-state index in [1.54, 1.807) is 0 Å². The van der Waals surface area contributed by atoms with Gasteiger partial charge in [-0.25, -0.2) is 8.42 Å².